The monoisotopic (exact) mass is 481 g/mol. The van der Waals surface area contributed by atoms with Gasteiger partial charge in [-0.15, -0.1) is 0 Å². The van der Waals surface area contributed by atoms with Crippen molar-refractivity contribution in [3.05, 3.63) is 51.8 Å². The van der Waals surface area contributed by atoms with Gasteiger partial charge in [-0.05, 0) is 56.1 Å². The Balaban J connectivity index is 1.96. The molecule has 184 valence electrons. The standard InChI is InChI=1S/C25H27N3O7/c1-27-8-4-5-11-6-7-15(29)17-13(11)9-12-10-14-19(28(2)3)21(31)18(24(26)34)23(33)25(14,35)22(32)16(12)20(17)30/h4-8,12,14,19,29-30,33,35H,9-10H2,1-3H3,(H2,26,34)/b5-4+,27-8?/t12-,14-,19+,25-/m0/s1. The SMILES string of the molecule is CN=C/C=C/c1ccc(O)c2c1C[C@H]1C[C@H]3[C@@H](N(C)C)C(=O)C(C(N)=O)=C(O)[C@@]3(O)C(=O)C1=C2O. The number of nitrogens with zero attached hydrogens (tertiary/aromatic N) is 2. The molecule has 0 bridgehead atoms. The van der Waals surface area contributed by atoms with Crippen LogP contribution in [0, 0.1) is 11.8 Å². The number of ketones is 2. The molecular formula is C25H27N3O7. The number of amides is 1. The van der Waals surface area contributed by atoms with E-state index in [9.17, 15) is 34.8 Å². The summed E-state index contributed by atoms with van der Waals surface area (Å²) >= 11 is 0. The van der Waals surface area contributed by atoms with Crippen LogP contribution in [0.2, 0.25) is 0 Å². The first-order valence-electron chi connectivity index (χ1n) is 11.0. The van der Waals surface area contributed by atoms with Gasteiger partial charge in [-0.3, -0.25) is 24.3 Å². The molecule has 1 amide bonds. The number of hydrogen-bond acceptors (Lipinski definition) is 9. The number of primary amides is 1. The van der Waals surface area contributed by atoms with Gasteiger partial charge in [0.25, 0.3) is 5.91 Å². The molecule has 10 nitrogen and oxygen atoms in total. The maximum absolute atomic E-state index is 13.7. The largest absolute Gasteiger partial charge is 0.508 e. The number of phenols is 1. The van der Waals surface area contributed by atoms with Crippen molar-refractivity contribution >= 4 is 35.5 Å². The van der Waals surface area contributed by atoms with Crippen molar-refractivity contribution in [1.29, 1.82) is 0 Å². The van der Waals surface area contributed by atoms with Gasteiger partial charge in [-0.1, -0.05) is 12.1 Å². The summed E-state index contributed by atoms with van der Waals surface area (Å²) < 4.78 is 0. The predicted molar refractivity (Wildman–Crippen MR) is 128 cm³/mol. The number of nitrogens with two attached hydrogens (primary N) is 1. The Kier molecular flexibility index (Phi) is 5.90. The summed E-state index contributed by atoms with van der Waals surface area (Å²) in [6, 6.07) is 1.94. The highest BCUT2D eigenvalue weighted by atomic mass is 16.3. The van der Waals surface area contributed by atoms with Gasteiger partial charge < -0.3 is 26.2 Å². The quantitative estimate of drug-likeness (QED) is 0.308. The molecule has 0 saturated heterocycles. The van der Waals surface area contributed by atoms with Crippen molar-refractivity contribution in [2.24, 2.45) is 22.6 Å². The van der Waals surface area contributed by atoms with E-state index in [1.807, 2.05) is 0 Å². The van der Waals surface area contributed by atoms with Gasteiger partial charge >= 0.3 is 0 Å². The summed E-state index contributed by atoms with van der Waals surface area (Å²) in [4.78, 5) is 44.2. The molecule has 6 N–H and O–H groups in total. The molecule has 0 spiro atoms. The molecule has 0 unspecified atom stereocenters. The van der Waals surface area contributed by atoms with E-state index < -0.39 is 58.0 Å². The predicted octanol–water partition coefficient (Wildman–Crippen LogP) is 0.678. The number of fused-ring (bicyclic) bond motifs is 3. The van der Waals surface area contributed by atoms with Gasteiger partial charge in [0, 0.05) is 24.8 Å². The molecule has 3 aliphatic carbocycles. The van der Waals surface area contributed by atoms with E-state index in [0.29, 0.717) is 11.1 Å². The van der Waals surface area contributed by atoms with Crippen molar-refractivity contribution in [2.75, 3.05) is 21.1 Å². The first-order chi connectivity index (χ1) is 16.5. The minimum Gasteiger partial charge on any atom is -0.508 e. The van der Waals surface area contributed by atoms with Crippen LogP contribution < -0.4 is 5.73 Å². The summed E-state index contributed by atoms with van der Waals surface area (Å²) in [6.07, 6.45) is 5.30. The van der Waals surface area contributed by atoms with Gasteiger partial charge in [0.2, 0.25) is 5.78 Å². The van der Waals surface area contributed by atoms with E-state index in [4.69, 9.17) is 5.73 Å². The number of aliphatic hydroxyl groups excluding tert-OH is 2. The second-order valence-electron chi connectivity index (χ2n) is 9.26. The zero-order valence-electron chi connectivity index (χ0n) is 19.5. The van der Waals surface area contributed by atoms with Crippen molar-refractivity contribution < 1.29 is 34.8 Å². The fraction of sp³-hybridized carbons (Fsp3) is 0.360. The summed E-state index contributed by atoms with van der Waals surface area (Å²) in [5, 5.41) is 44.1. The Morgan fingerprint density at radius 1 is 1.23 bits per heavy atom. The fourth-order valence-corrected chi connectivity index (χ4v) is 5.66. The van der Waals surface area contributed by atoms with Gasteiger partial charge in [0.1, 0.15) is 22.8 Å². The number of aromatic hydroxyl groups is 1. The topological polar surface area (TPSA) is 174 Å². The van der Waals surface area contributed by atoms with Crippen LogP contribution in [0.15, 0.2) is 40.1 Å². The van der Waals surface area contributed by atoms with Crippen LogP contribution in [-0.2, 0) is 20.8 Å². The molecule has 1 saturated carbocycles. The van der Waals surface area contributed by atoms with Crippen molar-refractivity contribution in [3.8, 4) is 5.75 Å². The lowest BCUT2D eigenvalue weighted by Crippen LogP contribution is -2.65. The molecule has 1 aromatic carbocycles. The van der Waals surface area contributed by atoms with Gasteiger partial charge in [0.05, 0.1) is 11.6 Å². The number of carbonyl (C=O) groups is 3. The van der Waals surface area contributed by atoms with E-state index in [1.54, 1.807) is 45.6 Å². The van der Waals surface area contributed by atoms with Crippen LogP contribution in [0.1, 0.15) is 23.1 Å². The number of aliphatic imine (C=N–C) groups is 1. The van der Waals surface area contributed by atoms with Gasteiger partial charge in [-0.25, -0.2) is 0 Å². The molecule has 4 atom stereocenters. The molecule has 1 aromatic rings. The van der Waals surface area contributed by atoms with Crippen LogP contribution >= 0.6 is 0 Å². The number of benzene rings is 1. The highest BCUT2D eigenvalue weighted by Gasteiger charge is 2.64. The Hall–Kier alpha value is -3.76. The molecule has 1 fully saturated rings. The normalized spacial score (nSPS) is 28.7. The van der Waals surface area contributed by atoms with E-state index in [0.717, 1.165) is 0 Å². The first kappa shape index (κ1) is 24.4. The average Bonchev–Trinajstić information content (AvgIpc) is 2.77. The maximum atomic E-state index is 13.7. The van der Waals surface area contributed by atoms with Crippen molar-refractivity contribution in [1.82, 2.24) is 4.90 Å². The number of aliphatic hydroxyl groups is 3. The number of rotatable bonds is 4. The third-order valence-electron chi connectivity index (χ3n) is 7.15. The number of hydrogen-bond donors (Lipinski definition) is 5. The lowest BCUT2D eigenvalue weighted by Gasteiger charge is -2.50. The molecular weight excluding hydrogens is 454 g/mol. The molecule has 0 heterocycles. The zero-order valence-corrected chi connectivity index (χ0v) is 19.5. The number of allylic oxidation sites excluding steroid dienone is 1. The van der Waals surface area contributed by atoms with E-state index in [2.05, 4.69) is 4.99 Å². The lowest BCUT2D eigenvalue weighted by molar-refractivity contribution is -0.153. The van der Waals surface area contributed by atoms with Crippen molar-refractivity contribution in [3.63, 3.8) is 0 Å². The molecule has 10 heteroatoms. The summed E-state index contributed by atoms with van der Waals surface area (Å²) in [7, 11) is 4.74. The average molecular weight is 482 g/mol. The maximum Gasteiger partial charge on any atom is 0.255 e. The molecule has 3 aliphatic rings. The van der Waals surface area contributed by atoms with Crippen LogP contribution in [0.4, 0.5) is 0 Å². The van der Waals surface area contributed by atoms with E-state index >= 15 is 0 Å². The first-order valence-corrected chi connectivity index (χ1v) is 11.0. The van der Waals surface area contributed by atoms with Crippen LogP contribution in [0.5, 0.6) is 5.75 Å². The minimum atomic E-state index is -2.64. The summed E-state index contributed by atoms with van der Waals surface area (Å²) in [5.74, 6) is -6.68. The zero-order chi connectivity index (χ0) is 25.8. The van der Waals surface area contributed by atoms with Crippen LogP contribution in [0.25, 0.3) is 11.8 Å². The highest BCUT2D eigenvalue weighted by molar-refractivity contribution is 6.24. The van der Waals surface area contributed by atoms with Gasteiger partial charge in [-0.2, -0.15) is 0 Å². The lowest BCUT2D eigenvalue weighted by atomic mass is 9.57. The second kappa shape index (κ2) is 8.47. The Morgan fingerprint density at radius 3 is 2.51 bits per heavy atom. The number of carbonyl (C=O) groups excluding carboxylic acids is 3. The smallest absolute Gasteiger partial charge is 0.255 e. The molecule has 0 aromatic heterocycles. The summed E-state index contributed by atoms with van der Waals surface area (Å²) in [6.45, 7) is 0. The third-order valence-corrected chi connectivity index (χ3v) is 7.15. The Labute approximate surface area is 201 Å². The molecule has 35 heavy (non-hydrogen) atoms. The van der Waals surface area contributed by atoms with E-state index in [-0.39, 0.29) is 29.7 Å². The van der Waals surface area contributed by atoms with Crippen molar-refractivity contribution in [2.45, 2.75) is 24.5 Å². The number of phenolic OH excluding ortho intramolecular Hbond substituents is 1. The fourth-order valence-electron chi connectivity index (χ4n) is 5.66. The highest BCUT2D eigenvalue weighted by Crippen LogP contribution is 2.52. The molecule has 4 rings (SSSR count). The Morgan fingerprint density at radius 2 is 1.91 bits per heavy atom. The second-order valence-corrected chi connectivity index (χ2v) is 9.26. The van der Waals surface area contributed by atoms with Crippen LogP contribution in [-0.4, -0.2) is 81.8 Å². The Bertz CT molecular complexity index is 1270. The molecule has 0 aliphatic heterocycles. The molecule has 0 radical (unpaired) electrons. The summed E-state index contributed by atoms with van der Waals surface area (Å²) in [5.41, 5.74) is 3.00. The number of likely N-dealkylation sites (N-methyl/N-ethyl adjacent to an activating group) is 1. The van der Waals surface area contributed by atoms with Crippen LogP contribution in [0.3, 0.4) is 0 Å². The number of Topliss-reactive ketones (excluding diaryl/α,β-unsaturated/α-hetero) is 2. The van der Waals surface area contributed by atoms with Gasteiger partial charge in [0.15, 0.2) is 11.4 Å². The van der Waals surface area contributed by atoms with E-state index in [1.165, 1.54) is 11.0 Å². The minimum absolute atomic E-state index is 0.0426. The third kappa shape index (κ3) is 3.40.